The monoisotopic (exact) mass is 481 g/mol. The van der Waals surface area contributed by atoms with Crippen LogP contribution in [0.3, 0.4) is 0 Å². The number of benzene rings is 2. The van der Waals surface area contributed by atoms with Gasteiger partial charge in [0.15, 0.2) is 5.13 Å². The van der Waals surface area contributed by atoms with Crippen LogP contribution in [0.15, 0.2) is 48.5 Å². The standard InChI is InChI=1S/C21H21Cl2N3O2S2/c1-14-19(20(27)25-30(2)28)24-21(29-14)26(13-15-7-4-3-5-8-15)12-11-16-17(22)9-6-10-18(16)23/h3-10H,11-13H2,1-2H3,(H,25,27). The highest BCUT2D eigenvalue weighted by molar-refractivity contribution is 7.82. The van der Waals surface area contributed by atoms with E-state index in [4.69, 9.17) is 23.2 Å². The molecule has 1 amide bonds. The molecule has 0 spiro atoms. The molecule has 1 atom stereocenters. The Kier molecular flexibility index (Phi) is 7.88. The first-order valence-corrected chi connectivity index (χ1v) is 12.3. The fourth-order valence-electron chi connectivity index (χ4n) is 2.97. The maximum absolute atomic E-state index is 12.3. The van der Waals surface area contributed by atoms with Crippen LogP contribution in [0.2, 0.25) is 10.0 Å². The minimum atomic E-state index is -1.45. The molecular weight excluding hydrogens is 461 g/mol. The van der Waals surface area contributed by atoms with E-state index in [0.717, 1.165) is 16.0 Å². The van der Waals surface area contributed by atoms with Crippen LogP contribution in [-0.4, -0.2) is 27.9 Å². The number of hydrogen-bond acceptors (Lipinski definition) is 5. The number of thiazole rings is 1. The predicted molar refractivity (Wildman–Crippen MR) is 126 cm³/mol. The summed E-state index contributed by atoms with van der Waals surface area (Å²) in [6, 6.07) is 15.5. The smallest absolute Gasteiger partial charge is 0.282 e. The highest BCUT2D eigenvalue weighted by atomic mass is 35.5. The van der Waals surface area contributed by atoms with Crippen molar-refractivity contribution in [2.45, 2.75) is 19.9 Å². The van der Waals surface area contributed by atoms with Crippen molar-refractivity contribution in [3.63, 3.8) is 0 Å². The second-order valence-corrected chi connectivity index (χ2v) is 9.75. The lowest BCUT2D eigenvalue weighted by Crippen LogP contribution is -2.27. The first-order chi connectivity index (χ1) is 14.3. The maximum Gasteiger partial charge on any atom is 0.282 e. The maximum atomic E-state index is 12.3. The van der Waals surface area contributed by atoms with Crippen molar-refractivity contribution >= 4 is 56.6 Å². The van der Waals surface area contributed by atoms with Crippen molar-refractivity contribution in [2.75, 3.05) is 17.7 Å². The molecule has 0 aliphatic heterocycles. The van der Waals surface area contributed by atoms with E-state index in [1.165, 1.54) is 17.6 Å². The fraction of sp³-hybridized carbons (Fsp3) is 0.238. The number of anilines is 1. The average molecular weight is 482 g/mol. The number of aryl methyl sites for hydroxylation is 1. The first kappa shape index (κ1) is 22.7. The quantitative estimate of drug-likeness (QED) is 0.489. The van der Waals surface area contributed by atoms with Crippen LogP contribution in [0.1, 0.15) is 26.5 Å². The summed E-state index contributed by atoms with van der Waals surface area (Å²) in [7, 11) is -1.45. The molecule has 158 valence electrons. The van der Waals surface area contributed by atoms with Gasteiger partial charge in [-0.25, -0.2) is 9.19 Å². The highest BCUT2D eigenvalue weighted by Gasteiger charge is 2.20. The van der Waals surface area contributed by atoms with Crippen LogP contribution in [0.5, 0.6) is 0 Å². The Bertz CT molecular complexity index is 1040. The molecule has 0 radical (unpaired) electrons. The zero-order valence-corrected chi connectivity index (χ0v) is 19.7. The van der Waals surface area contributed by atoms with Gasteiger partial charge in [-0.3, -0.25) is 9.52 Å². The van der Waals surface area contributed by atoms with Crippen molar-refractivity contribution in [1.29, 1.82) is 0 Å². The lowest BCUT2D eigenvalue weighted by molar-refractivity contribution is 0.0978. The topological polar surface area (TPSA) is 62.3 Å². The Morgan fingerprint density at radius 3 is 2.43 bits per heavy atom. The molecule has 0 saturated carbocycles. The molecule has 0 fully saturated rings. The first-order valence-electron chi connectivity index (χ1n) is 9.18. The molecule has 1 aromatic heterocycles. The Morgan fingerprint density at radius 2 is 1.80 bits per heavy atom. The average Bonchev–Trinajstić information content (AvgIpc) is 3.08. The van der Waals surface area contributed by atoms with Crippen molar-refractivity contribution in [3.8, 4) is 0 Å². The molecular formula is C21H21Cl2N3O2S2. The summed E-state index contributed by atoms with van der Waals surface area (Å²) < 4.78 is 13.8. The van der Waals surface area contributed by atoms with E-state index in [2.05, 4.69) is 14.6 Å². The van der Waals surface area contributed by atoms with E-state index in [-0.39, 0.29) is 0 Å². The van der Waals surface area contributed by atoms with Crippen LogP contribution in [-0.2, 0) is 24.0 Å². The minimum Gasteiger partial charge on any atom is -0.343 e. The van der Waals surface area contributed by atoms with Gasteiger partial charge in [0.25, 0.3) is 5.91 Å². The molecule has 0 saturated heterocycles. The van der Waals surface area contributed by atoms with E-state index in [0.29, 0.717) is 40.4 Å². The van der Waals surface area contributed by atoms with Crippen LogP contribution in [0, 0.1) is 6.92 Å². The number of aromatic nitrogens is 1. The van der Waals surface area contributed by atoms with Gasteiger partial charge in [0.2, 0.25) is 0 Å². The van der Waals surface area contributed by atoms with Gasteiger partial charge in [-0.15, -0.1) is 11.3 Å². The third kappa shape index (κ3) is 5.82. The van der Waals surface area contributed by atoms with Crippen LogP contribution in [0.4, 0.5) is 5.13 Å². The van der Waals surface area contributed by atoms with E-state index in [9.17, 15) is 9.00 Å². The Hall–Kier alpha value is -1.93. The van der Waals surface area contributed by atoms with Gasteiger partial charge in [0.05, 0.1) is 0 Å². The lowest BCUT2D eigenvalue weighted by atomic mass is 10.1. The fourth-order valence-corrected chi connectivity index (χ4v) is 4.85. The largest absolute Gasteiger partial charge is 0.343 e. The Morgan fingerprint density at radius 1 is 1.13 bits per heavy atom. The van der Waals surface area contributed by atoms with E-state index >= 15 is 0 Å². The number of carbonyl (C=O) groups is 1. The molecule has 0 bridgehead atoms. The zero-order valence-electron chi connectivity index (χ0n) is 16.5. The summed E-state index contributed by atoms with van der Waals surface area (Å²) in [5.41, 5.74) is 2.29. The summed E-state index contributed by atoms with van der Waals surface area (Å²) in [6.45, 7) is 3.07. The highest BCUT2D eigenvalue weighted by Crippen LogP contribution is 2.29. The molecule has 1 heterocycles. The molecule has 0 aliphatic carbocycles. The summed E-state index contributed by atoms with van der Waals surface area (Å²) in [4.78, 5) is 19.7. The van der Waals surface area contributed by atoms with Crippen LogP contribution < -0.4 is 9.62 Å². The van der Waals surface area contributed by atoms with Crippen molar-refractivity contribution in [1.82, 2.24) is 9.71 Å². The molecule has 3 rings (SSSR count). The van der Waals surface area contributed by atoms with E-state index < -0.39 is 16.9 Å². The number of rotatable bonds is 8. The number of nitrogens with one attached hydrogen (secondary N) is 1. The lowest BCUT2D eigenvalue weighted by Gasteiger charge is -2.22. The molecule has 9 heteroatoms. The number of carbonyl (C=O) groups excluding carboxylic acids is 1. The van der Waals surface area contributed by atoms with Crippen molar-refractivity contribution in [2.24, 2.45) is 0 Å². The van der Waals surface area contributed by atoms with Gasteiger partial charge in [-0.05, 0) is 36.6 Å². The van der Waals surface area contributed by atoms with Gasteiger partial charge < -0.3 is 4.90 Å². The number of hydrogen-bond donors (Lipinski definition) is 1. The van der Waals surface area contributed by atoms with Gasteiger partial charge in [0, 0.05) is 34.3 Å². The van der Waals surface area contributed by atoms with Gasteiger partial charge >= 0.3 is 0 Å². The van der Waals surface area contributed by atoms with Crippen LogP contribution in [0.25, 0.3) is 0 Å². The van der Waals surface area contributed by atoms with Gasteiger partial charge in [-0.1, -0.05) is 59.6 Å². The zero-order chi connectivity index (χ0) is 21.7. The van der Waals surface area contributed by atoms with Gasteiger partial charge in [-0.2, -0.15) is 0 Å². The molecule has 3 aromatic rings. The predicted octanol–water partition coefficient (Wildman–Crippen LogP) is 5.03. The number of amides is 1. The summed E-state index contributed by atoms with van der Waals surface area (Å²) >= 11 is 14.1. The van der Waals surface area contributed by atoms with Crippen molar-refractivity contribution < 1.29 is 9.00 Å². The SMILES string of the molecule is Cc1sc(N(CCc2c(Cl)cccc2Cl)Cc2ccccc2)nc1C(=O)NS(C)=O. The summed E-state index contributed by atoms with van der Waals surface area (Å²) in [5.74, 6) is -0.440. The number of halogens is 2. The van der Waals surface area contributed by atoms with Crippen molar-refractivity contribution in [3.05, 3.63) is 80.3 Å². The molecule has 1 N–H and O–H groups in total. The molecule has 5 nitrogen and oxygen atoms in total. The van der Waals surface area contributed by atoms with Crippen LogP contribution >= 0.6 is 34.5 Å². The normalized spacial score (nSPS) is 11.9. The molecule has 0 aliphatic rings. The minimum absolute atomic E-state index is 0.291. The molecule has 2 aromatic carbocycles. The van der Waals surface area contributed by atoms with E-state index in [1.807, 2.05) is 55.5 Å². The summed E-state index contributed by atoms with van der Waals surface area (Å²) in [5, 5.41) is 1.97. The second kappa shape index (κ2) is 10.4. The molecule has 1 unspecified atom stereocenters. The third-order valence-corrected chi connectivity index (χ3v) is 6.63. The van der Waals surface area contributed by atoms with E-state index in [1.54, 1.807) is 0 Å². The van der Waals surface area contributed by atoms with Gasteiger partial charge in [0.1, 0.15) is 16.7 Å². The molecule has 30 heavy (non-hydrogen) atoms. The third-order valence-electron chi connectivity index (χ3n) is 4.42. The Balaban J connectivity index is 1.88. The second-order valence-electron chi connectivity index (χ2n) is 6.64. The summed E-state index contributed by atoms with van der Waals surface area (Å²) in [6.07, 6.45) is 2.04. The Labute approximate surface area is 192 Å². The number of nitrogens with zero attached hydrogens (tertiary/aromatic N) is 2.